The first-order chi connectivity index (χ1) is 11.2. The van der Waals surface area contributed by atoms with E-state index < -0.39 is 0 Å². The predicted octanol–water partition coefficient (Wildman–Crippen LogP) is 3.14. The number of amides is 1. The standard InChI is InChI=1S/C17H20N4OS/c1-11-2-3-14(10-18-11)12-6-8-21(9-7-12)17(22)16-15(13-4-5-13)19-20-23-16/h2-3,10,12-13H,4-9H2,1H3. The van der Waals surface area contributed by atoms with Crippen molar-refractivity contribution in [3.8, 4) is 0 Å². The van der Waals surface area contributed by atoms with Gasteiger partial charge in [-0.05, 0) is 61.7 Å². The van der Waals surface area contributed by atoms with Crippen molar-refractivity contribution in [2.75, 3.05) is 13.1 Å². The molecule has 23 heavy (non-hydrogen) atoms. The Morgan fingerprint density at radius 1 is 1.17 bits per heavy atom. The lowest BCUT2D eigenvalue weighted by Crippen LogP contribution is -2.38. The van der Waals surface area contributed by atoms with Crippen molar-refractivity contribution >= 4 is 17.4 Å². The van der Waals surface area contributed by atoms with Gasteiger partial charge in [0.15, 0.2) is 0 Å². The molecule has 2 aromatic rings. The molecule has 0 aromatic carbocycles. The lowest BCUT2D eigenvalue weighted by Gasteiger charge is -2.32. The topological polar surface area (TPSA) is 59.0 Å². The summed E-state index contributed by atoms with van der Waals surface area (Å²) in [5.41, 5.74) is 3.28. The van der Waals surface area contributed by atoms with E-state index in [1.807, 2.05) is 18.0 Å². The van der Waals surface area contributed by atoms with E-state index in [1.54, 1.807) is 0 Å². The third-order valence-electron chi connectivity index (χ3n) is 4.86. The fourth-order valence-corrected chi connectivity index (χ4v) is 3.97. The number of aryl methyl sites for hydroxylation is 1. The van der Waals surface area contributed by atoms with Crippen LogP contribution in [0.15, 0.2) is 18.3 Å². The molecular weight excluding hydrogens is 308 g/mol. The van der Waals surface area contributed by atoms with Crippen molar-refractivity contribution in [3.05, 3.63) is 40.2 Å². The zero-order chi connectivity index (χ0) is 15.8. The quantitative estimate of drug-likeness (QED) is 0.868. The fraction of sp³-hybridized carbons (Fsp3) is 0.529. The van der Waals surface area contributed by atoms with Crippen LogP contribution in [0.25, 0.3) is 0 Å². The van der Waals surface area contributed by atoms with Crippen LogP contribution in [-0.4, -0.2) is 38.5 Å². The molecule has 2 fully saturated rings. The number of hydrogen-bond acceptors (Lipinski definition) is 5. The Kier molecular flexibility index (Phi) is 3.85. The minimum Gasteiger partial charge on any atom is -0.338 e. The number of likely N-dealkylation sites (tertiary alicyclic amines) is 1. The number of pyridine rings is 1. The minimum atomic E-state index is 0.127. The van der Waals surface area contributed by atoms with Gasteiger partial charge in [-0.1, -0.05) is 10.6 Å². The molecule has 0 N–H and O–H groups in total. The van der Waals surface area contributed by atoms with Gasteiger partial charge in [-0.2, -0.15) is 0 Å². The largest absolute Gasteiger partial charge is 0.338 e. The average Bonchev–Trinajstić information content (AvgIpc) is 3.32. The van der Waals surface area contributed by atoms with Crippen LogP contribution < -0.4 is 0 Å². The smallest absolute Gasteiger partial charge is 0.267 e. The molecule has 4 rings (SSSR count). The van der Waals surface area contributed by atoms with Crippen LogP contribution in [-0.2, 0) is 0 Å². The molecule has 1 aliphatic carbocycles. The van der Waals surface area contributed by atoms with Gasteiger partial charge in [0.05, 0.1) is 5.69 Å². The Morgan fingerprint density at radius 3 is 2.61 bits per heavy atom. The van der Waals surface area contributed by atoms with Gasteiger partial charge < -0.3 is 4.90 Å². The number of hydrogen-bond donors (Lipinski definition) is 0. The second kappa shape index (κ2) is 6.00. The second-order valence-corrected chi connectivity index (χ2v) is 7.32. The number of aromatic nitrogens is 3. The summed E-state index contributed by atoms with van der Waals surface area (Å²) in [6.45, 7) is 3.62. The number of carbonyl (C=O) groups excluding carboxylic acids is 1. The van der Waals surface area contributed by atoms with Gasteiger partial charge >= 0.3 is 0 Å². The number of rotatable bonds is 3. The highest BCUT2D eigenvalue weighted by atomic mass is 32.1. The molecule has 3 heterocycles. The molecule has 2 aliphatic rings. The van der Waals surface area contributed by atoms with E-state index in [1.165, 1.54) is 17.1 Å². The normalized spacial score (nSPS) is 19.1. The van der Waals surface area contributed by atoms with Gasteiger partial charge in [-0.25, -0.2) is 0 Å². The number of carbonyl (C=O) groups is 1. The van der Waals surface area contributed by atoms with E-state index in [9.17, 15) is 4.79 Å². The van der Waals surface area contributed by atoms with Gasteiger partial charge in [0, 0.05) is 30.9 Å². The summed E-state index contributed by atoms with van der Waals surface area (Å²) in [6.07, 6.45) is 6.28. The molecule has 6 heteroatoms. The Hall–Kier alpha value is -1.82. The summed E-state index contributed by atoms with van der Waals surface area (Å²) in [4.78, 5) is 19.9. The molecule has 0 radical (unpaired) electrons. The lowest BCUT2D eigenvalue weighted by molar-refractivity contribution is 0.0716. The van der Waals surface area contributed by atoms with E-state index >= 15 is 0 Å². The summed E-state index contributed by atoms with van der Waals surface area (Å²) in [7, 11) is 0. The van der Waals surface area contributed by atoms with Crippen molar-refractivity contribution in [1.29, 1.82) is 0 Å². The zero-order valence-electron chi connectivity index (χ0n) is 13.2. The van der Waals surface area contributed by atoms with Crippen LogP contribution in [0.4, 0.5) is 0 Å². The van der Waals surface area contributed by atoms with Crippen molar-refractivity contribution in [1.82, 2.24) is 19.5 Å². The molecule has 1 saturated heterocycles. The fourth-order valence-electron chi connectivity index (χ4n) is 3.25. The molecular formula is C17H20N4OS. The number of nitrogens with zero attached hydrogens (tertiary/aromatic N) is 4. The summed E-state index contributed by atoms with van der Waals surface area (Å²) in [5.74, 6) is 1.11. The Labute approximate surface area is 139 Å². The van der Waals surface area contributed by atoms with Gasteiger partial charge in [-0.15, -0.1) is 5.10 Å². The van der Waals surface area contributed by atoms with Gasteiger partial charge in [0.1, 0.15) is 4.88 Å². The SMILES string of the molecule is Cc1ccc(C2CCN(C(=O)c3snnc3C3CC3)CC2)cn1. The molecule has 0 spiro atoms. The van der Waals surface area contributed by atoms with Gasteiger partial charge in [0.25, 0.3) is 5.91 Å². The van der Waals surface area contributed by atoms with Crippen LogP contribution in [0.5, 0.6) is 0 Å². The summed E-state index contributed by atoms with van der Waals surface area (Å²) >= 11 is 1.26. The van der Waals surface area contributed by atoms with E-state index in [-0.39, 0.29) is 5.91 Å². The van der Waals surface area contributed by atoms with Crippen LogP contribution in [0, 0.1) is 6.92 Å². The molecule has 0 bridgehead atoms. The first kappa shape index (κ1) is 14.8. The van der Waals surface area contributed by atoms with Crippen molar-refractivity contribution in [2.45, 2.75) is 44.4 Å². The molecule has 5 nitrogen and oxygen atoms in total. The van der Waals surface area contributed by atoms with Crippen molar-refractivity contribution in [2.24, 2.45) is 0 Å². The third-order valence-corrected chi connectivity index (χ3v) is 5.59. The first-order valence-corrected chi connectivity index (χ1v) is 9.04. The first-order valence-electron chi connectivity index (χ1n) is 8.26. The zero-order valence-corrected chi connectivity index (χ0v) is 14.1. The molecule has 1 saturated carbocycles. The lowest BCUT2D eigenvalue weighted by atomic mass is 9.90. The number of piperidine rings is 1. The van der Waals surface area contributed by atoms with Crippen LogP contribution in [0.1, 0.15) is 64.1 Å². The maximum Gasteiger partial charge on any atom is 0.267 e. The Balaban J connectivity index is 1.42. The molecule has 2 aromatic heterocycles. The summed E-state index contributed by atoms with van der Waals surface area (Å²) < 4.78 is 4.01. The monoisotopic (exact) mass is 328 g/mol. The molecule has 120 valence electrons. The maximum atomic E-state index is 12.7. The van der Waals surface area contributed by atoms with Crippen LogP contribution >= 0.6 is 11.5 Å². The molecule has 0 unspecified atom stereocenters. The summed E-state index contributed by atoms with van der Waals surface area (Å²) in [5, 5.41) is 4.18. The van der Waals surface area contributed by atoms with Crippen LogP contribution in [0.3, 0.4) is 0 Å². The Bertz CT molecular complexity index is 700. The van der Waals surface area contributed by atoms with Gasteiger partial charge in [-0.3, -0.25) is 9.78 Å². The average molecular weight is 328 g/mol. The highest BCUT2D eigenvalue weighted by Gasteiger charge is 2.34. The van der Waals surface area contributed by atoms with Crippen LogP contribution in [0.2, 0.25) is 0 Å². The minimum absolute atomic E-state index is 0.127. The van der Waals surface area contributed by atoms with E-state index in [4.69, 9.17) is 0 Å². The molecule has 1 amide bonds. The highest BCUT2D eigenvalue weighted by molar-refractivity contribution is 7.08. The third kappa shape index (κ3) is 3.00. The molecule has 0 atom stereocenters. The second-order valence-electron chi connectivity index (χ2n) is 6.56. The van der Waals surface area contributed by atoms with E-state index in [0.29, 0.717) is 11.8 Å². The summed E-state index contributed by atoms with van der Waals surface area (Å²) in [6, 6.07) is 4.24. The van der Waals surface area contributed by atoms with E-state index in [0.717, 1.165) is 55.0 Å². The predicted molar refractivity (Wildman–Crippen MR) is 88.7 cm³/mol. The van der Waals surface area contributed by atoms with Crippen molar-refractivity contribution < 1.29 is 4.79 Å². The highest BCUT2D eigenvalue weighted by Crippen LogP contribution is 2.41. The molecule has 1 aliphatic heterocycles. The van der Waals surface area contributed by atoms with Crippen molar-refractivity contribution in [3.63, 3.8) is 0 Å². The van der Waals surface area contributed by atoms with E-state index in [2.05, 4.69) is 26.7 Å². The maximum absolute atomic E-state index is 12.7. The Morgan fingerprint density at radius 2 is 1.96 bits per heavy atom. The van der Waals surface area contributed by atoms with Gasteiger partial charge in [0.2, 0.25) is 0 Å².